The van der Waals surface area contributed by atoms with Crippen molar-refractivity contribution in [2.24, 2.45) is 0 Å². The number of hydrogen-bond acceptors (Lipinski definition) is 2. The van der Waals surface area contributed by atoms with Gasteiger partial charge in [-0.3, -0.25) is 0 Å². The summed E-state index contributed by atoms with van der Waals surface area (Å²) in [6.45, 7) is 2.02. The second kappa shape index (κ2) is 4.29. The SMILES string of the molecule is CCCc1c(C(=O)O)oc2ccc(Br)cc12. The van der Waals surface area contributed by atoms with Crippen LogP contribution in [0.3, 0.4) is 0 Å². The average molecular weight is 283 g/mol. The number of aromatic carboxylic acids is 1. The molecule has 2 aromatic rings. The third-order valence-corrected chi connectivity index (χ3v) is 2.94. The quantitative estimate of drug-likeness (QED) is 0.930. The van der Waals surface area contributed by atoms with Gasteiger partial charge in [0, 0.05) is 15.4 Å². The summed E-state index contributed by atoms with van der Waals surface area (Å²) in [5.41, 5.74) is 1.41. The van der Waals surface area contributed by atoms with E-state index in [2.05, 4.69) is 15.9 Å². The predicted octanol–water partition coefficient (Wildman–Crippen LogP) is 3.85. The third kappa shape index (κ3) is 1.85. The molecule has 0 spiro atoms. The predicted molar refractivity (Wildman–Crippen MR) is 64.9 cm³/mol. The molecule has 0 aliphatic rings. The van der Waals surface area contributed by atoms with Gasteiger partial charge in [0.1, 0.15) is 5.58 Å². The van der Waals surface area contributed by atoms with Crippen molar-refractivity contribution in [3.8, 4) is 0 Å². The summed E-state index contributed by atoms with van der Waals surface area (Å²) in [5, 5.41) is 9.94. The average Bonchev–Trinajstić information content (AvgIpc) is 2.58. The van der Waals surface area contributed by atoms with Crippen molar-refractivity contribution in [2.75, 3.05) is 0 Å². The van der Waals surface area contributed by atoms with Crippen LogP contribution in [0.15, 0.2) is 27.1 Å². The smallest absolute Gasteiger partial charge is 0.372 e. The lowest BCUT2D eigenvalue weighted by Gasteiger charge is -1.96. The highest BCUT2D eigenvalue weighted by Gasteiger charge is 2.18. The van der Waals surface area contributed by atoms with Gasteiger partial charge >= 0.3 is 5.97 Å². The molecule has 3 nitrogen and oxygen atoms in total. The molecule has 0 unspecified atom stereocenters. The Kier molecular flexibility index (Phi) is 3.01. The Morgan fingerprint density at radius 1 is 1.50 bits per heavy atom. The summed E-state index contributed by atoms with van der Waals surface area (Å²) in [6.07, 6.45) is 1.60. The van der Waals surface area contributed by atoms with Crippen LogP contribution in [0.1, 0.15) is 29.5 Å². The molecular weight excluding hydrogens is 272 g/mol. The van der Waals surface area contributed by atoms with Crippen LogP contribution in [-0.4, -0.2) is 11.1 Å². The summed E-state index contributed by atoms with van der Waals surface area (Å²) in [5.74, 6) is -0.939. The van der Waals surface area contributed by atoms with E-state index in [4.69, 9.17) is 9.52 Å². The zero-order valence-electron chi connectivity index (χ0n) is 8.79. The van der Waals surface area contributed by atoms with Gasteiger partial charge in [0.05, 0.1) is 0 Å². The first-order valence-corrected chi connectivity index (χ1v) is 5.87. The zero-order valence-corrected chi connectivity index (χ0v) is 10.4. The van der Waals surface area contributed by atoms with Crippen LogP contribution < -0.4 is 0 Å². The summed E-state index contributed by atoms with van der Waals surface area (Å²) in [7, 11) is 0. The molecule has 0 aliphatic heterocycles. The Labute approximate surface area is 101 Å². The third-order valence-electron chi connectivity index (χ3n) is 2.45. The van der Waals surface area contributed by atoms with Crippen LogP contribution in [0, 0.1) is 0 Å². The number of benzene rings is 1. The highest BCUT2D eigenvalue weighted by Crippen LogP contribution is 2.29. The van der Waals surface area contributed by atoms with E-state index in [9.17, 15) is 4.79 Å². The van der Waals surface area contributed by atoms with E-state index >= 15 is 0 Å². The lowest BCUT2D eigenvalue weighted by atomic mass is 10.1. The van der Waals surface area contributed by atoms with Crippen molar-refractivity contribution in [2.45, 2.75) is 19.8 Å². The molecule has 0 saturated carbocycles. The number of rotatable bonds is 3. The van der Waals surface area contributed by atoms with Crippen molar-refractivity contribution >= 4 is 32.9 Å². The van der Waals surface area contributed by atoms with Gasteiger partial charge in [0.25, 0.3) is 0 Å². The van der Waals surface area contributed by atoms with E-state index in [1.807, 2.05) is 19.1 Å². The first-order valence-electron chi connectivity index (χ1n) is 5.07. The molecule has 0 radical (unpaired) electrons. The Bertz CT molecular complexity index is 542. The van der Waals surface area contributed by atoms with E-state index in [-0.39, 0.29) is 5.76 Å². The molecule has 0 aliphatic carbocycles. The molecule has 0 amide bonds. The number of furan rings is 1. The van der Waals surface area contributed by atoms with Gasteiger partial charge < -0.3 is 9.52 Å². The number of carboxylic acid groups (broad SMARTS) is 1. The van der Waals surface area contributed by atoms with E-state index < -0.39 is 5.97 Å². The van der Waals surface area contributed by atoms with Gasteiger partial charge in [-0.05, 0) is 24.6 Å². The van der Waals surface area contributed by atoms with Gasteiger partial charge in [0.15, 0.2) is 0 Å². The number of carboxylic acids is 1. The fraction of sp³-hybridized carbons (Fsp3) is 0.250. The lowest BCUT2D eigenvalue weighted by molar-refractivity contribution is 0.0663. The minimum atomic E-state index is -1.00. The number of aryl methyl sites for hydroxylation is 1. The first kappa shape index (κ1) is 11.2. The van der Waals surface area contributed by atoms with Gasteiger partial charge in [-0.15, -0.1) is 0 Å². The van der Waals surface area contributed by atoms with Crippen molar-refractivity contribution in [3.05, 3.63) is 34.0 Å². The Morgan fingerprint density at radius 3 is 2.88 bits per heavy atom. The monoisotopic (exact) mass is 282 g/mol. The number of hydrogen-bond donors (Lipinski definition) is 1. The van der Waals surface area contributed by atoms with Crippen molar-refractivity contribution in [1.29, 1.82) is 0 Å². The highest BCUT2D eigenvalue weighted by atomic mass is 79.9. The standard InChI is InChI=1S/C12H11BrO3/c1-2-3-8-9-6-7(13)4-5-10(9)16-11(8)12(14)15/h4-6H,2-3H2,1H3,(H,14,15). The maximum absolute atomic E-state index is 11.0. The molecule has 0 bridgehead atoms. The number of carbonyl (C=O) groups is 1. The van der Waals surface area contributed by atoms with Gasteiger partial charge in [0.2, 0.25) is 5.76 Å². The molecule has 1 aromatic carbocycles. The van der Waals surface area contributed by atoms with Gasteiger partial charge in [-0.2, -0.15) is 0 Å². The molecule has 1 N–H and O–H groups in total. The molecular formula is C12H11BrO3. The minimum Gasteiger partial charge on any atom is -0.475 e. The maximum Gasteiger partial charge on any atom is 0.372 e. The van der Waals surface area contributed by atoms with Gasteiger partial charge in [-0.25, -0.2) is 4.79 Å². The van der Waals surface area contributed by atoms with Crippen molar-refractivity contribution in [3.63, 3.8) is 0 Å². The molecule has 2 rings (SSSR count). The van der Waals surface area contributed by atoms with Crippen LogP contribution in [0.2, 0.25) is 0 Å². The van der Waals surface area contributed by atoms with Crippen LogP contribution >= 0.6 is 15.9 Å². The fourth-order valence-corrected chi connectivity index (χ4v) is 2.15. The van der Waals surface area contributed by atoms with E-state index in [1.165, 1.54) is 0 Å². The maximum atomic E-state index is 11.0. The molecule has 4 heteroatoms. The second-order valence-corrected chi connectivity index (χ2v) is 4.52. The number of halogens is 1. The topological polar surface area (TPSA) is 50.4 Å². The summed E-state index contributed by atoms with van der Waals surface area (Å²) in [4.78, 5) is 11.0. The van der Waals surface area contributed by atoms with E-state index in [0.29, 0.717) is 12.0 Å². The van der Waals surface area contributed by atoms with Crippen LogP contribution in [0.5, 0.6) is 0 Å². The summed E-state index contributed by atoms with van der Waals surface area (Å²) >= 11 is 3.37. The molecule has 0 saturated heterocycles. The molecule has 1 aromatic heterocycles. The lowest BCUT2D eigenvalue weighted by Crippen LogP contribution is -1.98. The molecule has 1 heterocycles. The molecule has 0 atom stereocenters. The van der Waals surface area contributed by atoms with Crippen LogP contribution in [0.25, 0.3) is 11.0 Å². The van der Waals surface area contributed by atoms with Crippen molar-refractivity contribution < 1.29 is 14.3 Å². The summed E-state index contributed by atoms with van der Waals surface area (Å²) < 4.78 is 6.27. The molecule has 84 valence electrons. The number of fused-ring (bicyclic) bond motifs is 1. The Hall–Kier alpha value is -1.29. The zero-order chi connectivity index (χ0) is 11.7. The first-order chi connectivity index (χ1) is 7.63. The minimum absolute atomic E-state index is 0.0648. The van der Waals surface area contributed by atoms with Crippen LogP contribution in [-0.2, 0) is 6.42 Å². The largest absolute Gasteiger partial charge is 0.475 e. The van der Waals surface area contributed by atoms with E-state index in [1.54, 1.807) is 6.07 Å². The van der Waals surface area contributed by atoms with Crippen molar-refractivity contribution in [1.82, 2.24) is 0 Å². The fourth-order valence-electron chi connectivity index (χ4n) is 1.79. The Morgan fingerprint density at radius 2 is 2.25 bits per heavy atom. The van der Waals surface area contributed by atoms with Gasteiger partial charge in [-0.1, -0.05) is 29.3 Å². The second-order valence-electron chi connectivity index (χ2n) is 3.61. The summed E-state index contributed by atoms with van der Waals surface area (Å²) in [6, 6.07) is 5.52. The van der Waals surface area contributed by atoms with E-state index in [0.717, 1.165) is 21.8 Å². The highest BCUT2D eigenvalue weighted by molar-refractivity contribution is 9.10. The molecule has 0 fully saturated rings. The Balaban J connectivity index is 2.71. The normalized spacial score (nSPS) is 10.9. The molecule has 16 heavy (non-hydrogen) atoms. The van der Waals surface area contributed by atoms with Crippen LogP contribution in [0.4, 0.5) is 0 Å².